The summed E-state index contributed by atoms with van der Waals surface area (Å²) in [5.74, 6) is -0.0590. The maximum atomic E-state index is 12.4. The normalized spacial score (nSPS) is 12.2. The molecule has 0 aromatic carbocycles. The molecule has 1 aromatic heterocycles. The highest BCUT2D eigenvalue weighted by Gasteiger charge is 2.25. The van der Waals surface area contributed by atoms with Crippen molar-refractivity contribution in [1.29, 1.82) is 0 Å². The molecule has 0 aliphatic rings. The molecule has 0 saturated heterocycles. The van der Waals surface area contributed by atoms with E-state index in [1.54, 1.807) is 30.6 Å². The van der Waals surface area contributed by atoms with Crippen molar-refractivity contribution in [2.24, 2.45) is 0 Å². The third kappa shape index (κ3) is 3.56. The van der Waals surface area contributed by atoms with E-state index < -0.39 is 5.97 Å². The molecule has 0 aliphatic carbocycles. The quantitative estimate of drug-likeness (QED) is 0.838. The molecule has 6 heteroatoms. The molecule has 0 aliphatic heterocycles. The molecule has 5 nitrogen and oxygen atoms in total. The number of carboxylic acids is 1. The Morgan fingerprint density at radius 3 is 2.50 bits per heavy atom. The number of nitrogens with zero attached hydrogens (tertiary/aromatic N) is 1. The van der Waals surface area contributed by atoms with Gasteiger partial charge in [-0.1, -0.05) is 13.8 Å². The zero-order valence-electron chi connectivity index (χ0n) is 12.3. The van der Waals surface area contributed by atoms with Gasteiger partial charge in [-0.3, -0.25) is 4.79 Å². The topological polar surface area (TPSA) is 70.8 Å². The van der Waals surface area contributed by atoms with E-state index in [0.717, 1.165) is 12.2 Å². The molecular weight excluding hydrogens is 278 g/mol. The molecule has 1 amide bonds. The van der Waals surface area contributed by atoms with Crippen LogP contribution in [0, 0.1) is 0 Å². The van der Waals surface area contributed by atoms with Gasteiger partial charge in [-0.05, 0) is 12.7 Å². The highest BCUT2D eigenvalue weighted by atomic mass is 32.2. The van der Waals surface area contributed by atoms with E-state index in [9.17, 15) is 9.59 Å². The Labute approximate surface area is 123 Å². The maximum absolute atomic E-state index is 12.4. The molecule has 0 saturated carbocycles. The lowest BCUT2D eigenvalue weighted by Crippen LogP contribution is -2.38. The van der Waals surface area contributed by atoms with E-state index in [1.807, 2.05) is 13.2 Å². The Morgan fingerprint density at radius 1 is 1.45 bits per heavy atom. The van der Waals surface area contributed by atoms with E-state index >= 15 is 0 Å². The average Bonchev–Trinajstić information content (AvgIpc) is 2.87. The predicted molar refractivity (Wildman–Crippen MR) is 79.6 cm³/mol. The predicted octanol–water partition coefficient (Wildman–Crippen LogP) is 2.75. The van der Waals surface area contributed by atoms with Crippen LogP contribution in [0.1, 0.15) is 46.9 Å². The summed E-state index contributed by atoms with van der Waals surface area (Å²) in [4.78, 5) is 25.1. The fraction of sp³-hybridized carbons (Fsp3) is 0.571. The molecule has 0 fully saturated rings. The summed E-state index contributed by atoms with van der Waals surface area (Å²) >= 11 is 1.67. The van der Waals surface area contributed by atoms with Crippen LogP contribution in [0.25, 0.3) is 0 Å². The van der Waals surface area contributed by atoms with Crippen molar-refractivity contribution >= 4 is 23.6 Å². The fourth-order valence-corrected chi connectivity index (χ4v) is 2.86. The van der Waals surface area contributed by atoms with Crippen molar-refractivity contribution in [1.82, 2.24) is 4.90 Å². The highest BCUT2D eigenvalue weighted by Crippen LogP contribution is 2.19. The van der Waals surface area contributed by atoms with E-state index in [1.165, 1.54) is 6.07 Å². The van der Waals surface area contributed by atoms with Crippen LogP contribution in [0.15, 0.2) is 10.5 Å². The van der Waals surface area contributed by atoms with Gasteiger partial charge in [0.25, 0.3) is 5.91 Å². The number of aryl methyl sites for hydroxylation is 1. The van der Waals surface area contributed by atoms with Crippen molar-refractivity contribution in [2.75, 3.05) is 19.1 Å². The summed E-state index contributed by atoms with van der Waals surface area (Å²) in [6.07, 6.45) is 3.28. The third-order valence-electron chi connectivity index (χ3n) is 3.27. The van der Waals surface area contributed by atoms with Crippen LogP contribution in [0.4, 0.5) is 0 Å². The first-order chi connectivity index (χ1) is 9.46. The summed E-state index contributed by atoms with van der Waals surface area (Å²) in [5, 5.41) is 9.08. The molecular formula is C14H21NO4S. The average molecular weight is 299 g/mol. The van der Waals surface area contributed by atoms with Gasteiger partial charge >= 0.3 is 5.97 Å². The Balaban J connectivity index is 2.99. The van der Waals surface area contributed by atoms with E-state index in [2.05, 4.69) is 0 Å². The summed E-state index contributed by atoms with van der Waals surface area (Å²) < 4.78 is 5.40. The minimum Gasteiger partial charge on any atom is -0.478 e. The van der Waals surface area contributed by atoms with Gasteiger partial charge in [0.2, 0.25) is 0 Å². The van der Waals surface area contributed by atoms with E-state index in [-0.39, 0.29) is 23.3 Å². The van der Waals surface area contributed by atoms with Gasteiger partial charge in [0, 0.05) is 31.3 Å². The van der Waals surface area contributed by atoms with Crippen molar-refractivity contribution in [3.05, 3.63) is 23.2 Å². The van der Waals surface area contributed by atoms with Crippen LogP contribution in [0.3, 0.4) is 0 Å². The fourth-order valence-electron chi connectivity index (χ4n) is 2.01. The van der Waals surface area contributed by atoms with Gasteiger partial charge in [-0.2, -0.15) is 11.8 Å². The van der Waals surface area contributed by atoms with Crippen molar-refractivity contribution in [3.8, 4) is 0 Å². The number of aromatic carboxylic acids is 1. The van der Waals surface area contributed by atoms with Gasteiger partial charge in [0.05, 0.1) is 0 Å². The Kier molecular flexibility index (Phi) is 6.13. The number of carbonyl (C=O) groups is 2. The Hall–Kier alpha value is -1.43. The monoisotopic (exact) mass is 299 g/mol. The second-order valence-electron chi connectivity index (χ2n) is 4.54. The highest BCUT2D eigenvalue weighted by molar-refractivity contribution is 7.98. The summed E-state index contributed by atoms with van der Waals surface area (Å²) in [7, 11) is 1.72. The molecule has 0 radical (unpaired) electrons. The van der Waals surface area contributed by atoms with Gasteiger partial charge < -0.3 is 14.4 Å². The first-order valence-electron chi connectivity index (χ1n) is 6.58. The minimum atomic E-state index is -1.07. The van der Waals surface area contributed by atoms with Crippen LogP contribution in [-0.4, -0.2) is 47.0 Å². The Morgan fingerprint density at radius 2 is 2.10 bits per heavy atom. The summed E-state index contributed by atoms with van der Waals surface area (Å²) in [6.45, 7) is 3.82. The number of carboxylic acid groups (broad SMARTS) is 1. The van der Waals surface area contributed by atoms with E-state index in [4.69, 9.17) is 9.52 Å². The second-order valence-corrected chi connectivity index (χ2v) is 5.45. The third-order valence-corrected chi connectivity index (χ3v) is 3.99. The standard InChI is InChI=1S/C14H21NO4S/c1-5-9(8-20-4)15(3)13(16)12-7-10(14(17)18)11(6-2)19-12/h7,9H,5-6,8H2,1-4H3,(H,17,18). The zero-order chi connectivity index (χ0) is 15.3. The molecule has 1 aromatic rings. The van der Waals surface area contributed by atoms with Crippen LogP contribution in [0.2, 0.25) is 0 Å². The number of rotatable bonds is 7. The van der Waals surface area contributed by atoms with Crippen LogP contribution in [-0.2, 0) is 6.42 Å². The number of furan rings is 1. The maximum Gasteiger partial charge on any atom is 0.339 e. The molecule has 112 valence electrons. The van der Waals surface area contributed by atoms with Crippen LogP contribution in [0.5, 0.6) is 0 Å². The van der Waals surface area contributed by atoms with Crippen molar-refractivity contribution in [2.45, 2.75) is 32.7 Å². The molecule has 0 spiro atoms. The van der Waals surface area contributed by atoms with E-state index in [0.29, 0.717) is 12.2 Å². The molecule has 1 atom stereocenters. The lowest BCUT2D eigenvalue weighted by atomic mass is 10.2. The molecule has 20 heavy (non-hydrogen) atoms. The van der Waals surface area contributed by atoms with Crippen LogP contribution >= 0.6 is 11.8 Å². The molecule has 1 N–H and O–H groups in total. The summed E-state index contributed by atoms with van der Waals surface area (Å²) in [5.41, 5.74) is 0.0714. The van der Waals surface area contributed by atoms with Gasteiger partial charge in [-0.25, -0.2) is 4.79 Å². The van der Waals surface area contributed by atoms with Gasteiger partial charge in [-0.15, -0.1) is 0 Å². The molecule has 1 heterocycles. The largest absolute Gasteiger partial charge is 0.478 e. The number of amides is 1. The lowest BCUT2D eigenvalue weighted by molar-refractivity contribution is 0.0689. The summed E-state index contributed by atoms with van der Waals surface area (Å²) in [6, 6.07) is 1.44. The SMILES string of the molecule is CCc1oc(C(=O)N(C)C(CC)CSC)cc1C(=O)O. The van der Waals surface area contributed by atoms with Gasteiger partial charge in [0.1, 0.15) is 11.3 Å². The first kappa shape index (κ1) is 16.6. The molecule has 1 unspecified atom stereocenters. The minimum absolute atomic E-state index is 0.0714. The zero-order valence-corrected chi connectivity index (χ0v) is 13.1. The van der Waals surface area contributed by atoms with Crippen LogP contribution < -0.4 is 0 Å². The number of thioether (sulfide) groups is 1. The van der Waals surface area contributed by atoms with Crippen molar-refractivity contribution < 1.29 is 19.1 Å². The lowest BCUT2D eigenvalue weighted by Gasteiger charge is -2.25. The first-order valence-corrected chi connectivity index (χ1v) is 7.97. The molecule has 0 bridgehead atoms. The smallest absolute Gasteiger partial charge is 0.339 e. The number of hydrogen-bond acceptors (Lipinski definition) is 4. The molecule has 1 rings (SSSR count). The second kappa shape index (κ2) is 7.38. The number of hydrogen-bond donors (Lipinski definition) is 1. The van der Waals surface area contributed by atoms with Gasteiger partial charge in [0.15, 0.2) is 5.76 Å². The number of carbonyl (C=O) groups excluding carboxylic acids is 1. The van der Waals surface area contributed by atoms with Crippen molar-refractivity contribution in [3.63, 3.8) is 0 Å². The Bertz CT molecular complexity index is 484.